The van der Waals surface area contributed by atoms with E-state index < -0.39 is 5.60 Å². The number of rotatable bonds is 3. The Morgan fingerprint density at radius 1 is 1.32 bits per heavy atom. The summed E-state index contributed by atoms with van der Waals surface area (Å²) in [5, 5.41) is 3.98. The Bertz CT molecular complexity index is 598. The topological polar surface area (TPSA) is 45.7 Å². The van der Waals surface area contributed by atoms with Crippen molar-refractivity contribution in [3.63, 3.8) is 0 Å². The van der Waals surface area contributed by atoms with E-state index >= 15 is 0 Å². The standard InChI is InChI=1S/C17H23N3O2/c1-17(2,3)22-16(21)13-9-11-20(19(4)5)12-14(13)15-8-6-7-10-18-15/h6-10,12H,11H2,1-5H3. The number of nitrogens with zero attached hydrogens (tertiary/aromatic N) is 3. The molecule has 5 heteroatoms. The van der Waals surface area contributed by atoms with Gasteiger partial charge in [-0.2, -0.15) is 0 Å². The van der Waals surface area contributed by atoms with Gasteiger partial charge in [0, 0.05) is 32.1 Å². The fourth-order valence-electron chi connectivity index (χ4n) is 2.10. The van der Waals surface area contributed by atoms with Crippen LogP contribution in [0.1, 0.15) is 26.5 Å². The second-order valence-corrected chi connectivity index (χ2v) is 6.35. The number of ether oxygens (including phenoxy) is 1. The molecule has 118 valence electrons. The number of hydrogen-bond acceptors (Lipinski definition) is 5. The van der Waals surface area contributed by atoms with Gasteiger partial charge in [0.25, 0.3) is 0 Å². The lowest BCUT2D eigenvalue weighted by Gasteiger charge is -2.31. The number of hydrazine groups is 1. The Balaban J connectivity index is 2.36. The molecule has 0 aliphatic carbocycles. The summed E-state index contributed by atoms with van der Waals surface area (Å²) in [5.41, 5.74) is 1.57. The van der Waals surface area contributed by atoms with E-state index in [2.05, 4.69) is 4.98 Å². The molecule has 0 radical (unpaired) electrons. The minimum absolute atomic E-state index is 0.317. The Morgan fingerprint density at radius 2 is 2.05 bits per heavy atom. The van der Waals surface area contributed by atoms with Crippen molar-refractivity contribution in [2.45, 2.75) is 26.4 Å². The largest absolute Gasteiger partial charge is 0.456 e. The molecule has 0 unspecified atom stereocenters. The summed E-state index contributed by atoms with van der Waals surface area (Å²) >= 11 is 0. The summed E-state index contributed by atoms with van der Waals surface area (Å²) in [6, 6.07) is 5.65. The number of hydrogen-bond donors (Lipinski definition) is 0. The second-order valence-electron chi connectivity index (χ2n) is 6.35. The van der Waals surface area contributed by atoms with Crippen LogP contribution in [0.2, 0.25) is 0 Å². The normalized spacial score (nSPS) is 15.5. The number of esters is 1. The van der Waals surface area contributed by atoms with E-state index in [1.54, 1.807) is 6.20 Å². The first kappa shape index (κ1) is 16.2. The highest BCUT2D eigenvalue weighted by Gasteiger charge is 2.26. The molecule has 5 nitrogen and oxygen atoms in total. The van der Waals surface area contributed by atoms with Crippen LogP contribution < -0.4 is 0 Å². The molecule has 0 N–H and O–H groups in total. The van der Waals surface area contributed by atoms with Gasteiger partial charge < -0.3 is 9.75 Å². The molecule has 2 rings (SSSR count). The van der Waals surface area contributed by atoms with Gasteiger partial charge >= 0.3 is 5.97 Å². The first-order chi connectivity index (χ1) is 10.3. The highest BCUT2D eigenvalue weighted by molar-refractivity contribution is 6.06. The molecule has 0 amide bonds. The van der Waals surface area contributed by atoms with Crippen LogP contribution >= 0.6 is 0 Å². The first-order valence-corrected chi connectivity index (χ1v) is 7.29. The summed E-state index contributed by atoms with van der Waals surface area (Å²) in [4.78, 5) is 16.8. The maximum atomic E-state index is 12.5. The third-order valence-corrected chi connectivity index (χ3v) is 3.12. The van der Waals surface area contributed by atoms with E-state index in [4.69, 9.17) is 4.74 Å². The van der Waals surface area contributed by atoms with Gasteiger partial charge in [-0.15, -0.1) is 0 Å². The van der Waals surface area contributed by atoms with Crippen LogP contribution in [0.4, 0.5) is 0 Å². The van der Waals surface area contributed by atoms with Crippen molar-refractivity contribution >= 4 is 11.5 Å². The number of carbonyl (C=O) groups is 1. The molecule has 0 atom stereocenters. The minimum atomic E-state index is -0.522. The number of aromatic nitrogens is 1. The van der Waals surface area contributed by atoms with Crippen molar-refractivity contribution < 1.29 is 9.53 Å². The minimum Gasteiger partial charge on any atom is -0.456 e. The van der Waals surface area contributed by atoms with Crippen LogP contribution in [0, 0.1) is 0 Å². The molecule has 0 bridgehead atoms. The van der Waals surface area contributed by atoms with Crippen molar-refractivity contribution in [3.8, 4) is 0 Å². The maximum absolute atomic E-state index is 12.5. The van der Waals surface area contributed by atoms with Crippen LogP contribution in [0.5, 0.6) is 0 Å². The number of carbonyl (C=O) groups excluding carboxylic acids is 1. The van der Waals surface area contributed by atoms with Gasteiger partial charge in [-0.3, -0.25) is 4.98 Å². The Labute approximate surface area is 131 Å². The molecular weight excluding hydrogens is 278 g/mol. The van der Waals surface area contributed by atoms with Crippen LogP contribution in [0.15, 0.2) is 42.2 Å². The van der Waals surface area contributed by atoms with E-state index in [0.717, 1.165) is 11.3 Å². The van der Waals surface area contributed by atoms with Crippen molar-refractivity contribution in [1.82, 2.24) is 15.0 Å². The molecule has 22 heavy (non-hydrogen) atoms. The molecule has 2 heterocycles. The van der Waals surface area contributed by atoms with Crippen LogP contribution in [-0.4, -0.2) is 47.2 Å². The SMILES string of the molecule is CN(C)N1C=C(c2ccccn2)C(C(=O)OC(C)(C)C)=CC1. The van der Waals surface area contributed by atoms with Gasteiger partial charge in [-0.25, -0.2) is 9.80 Å². The molecule has 0 spiro atoms. The van der Waals surface area contributed by atoms with Gasteiger partial charge in [0.15, 0.2) is 0 Å². The molecule has 0 aromatic carbocycles. The third kappa shape index (κ3) is 3.95. The summed E-state index contributed by atoms with van der Waals surface area (Å²) in [5.74, 6) is -0.317. The quantitative estimate of drug-likeness (QED) is 0.803. The summed E-state index contributed by atoms with van der Waals surface area (Å²) in [6.07, 6.45) is 5.54. The van der Waals surface area contributed by atoms with Gasteiger partial charge in [0.1, 0.15) is 5.60 Å². The third-order valence-electron chi connectivity index (χ3n) is 3.12. The summed E-state index contributed by atoms with van der Waals surface area (Å²) in [7, 11) is 3.91. The van der Waals surface area contributed by atoms with Crippen LogP contribution in [0.3, 0.4) is 0 Å². The van der Waals surface area contributed by atoms with Gasteiger partial charge in [0.05, 0.1) is 17.8 Å². The number of pyridine rings is 1. The zero-order valence-corrected chi connectivity index (χ0v) is 13.8. The average Bonchev–Trinajstić information content (AvgIpc) is 2.45. The fourth-order valence-corrected chi connectivity index (χ4v) is 2.10. The highest BCUT2D eigenvalue weighted by Crippen LogP contribution is 2.28. The lowest BCUT2D eigenvalue weighted by atomic mass is 10.00. The molecule has 0 fully saturated rings. The van der Waals surface area contributed by atoms with E-state index in [9.17, 15) is 4.79 Å². The molecule has 0 saturated carbocycles. The molecule has 1 aliphatic rings. The van der Waals surface area contributed by atoms with Crippen LogP contribution in [0.25, 0.3) is 5.57 Å². The molecule has 1 aromatic heterocycles. The fraction of sp³-hybridized carbons (Fsp3) is 0.412. The lowest BCUT2D eigenvalue weighted by Crippen LogP contribution is -2.36. The Hall–Kier alpha value is -2.14. The second kappa shape index (κ2) is 6.32. The zero-order valence-electron chi connectivity index (χ0n) is 13.8. The van der Waals surface area contributed by atoms with Gasteiger partial charge in [0.2, 0.25) is 0 Å². The predicted molar refractivity (Wildman–Crippen MR) is 86.5 cm³/mol. The zero-order chi connectivity index (χ0) is 16.3. The van der Waals surface area contributed by atoms with E-state index in [0.29, 0.717) is 12.1 Å². The molecular formula is C17H23N3O2. The Morgan fingerprint density at radius 3 is 2.59 bits per heavy atom. The molecule has 1 aliphatic heterocycles. The van der Waals surface area contributed by atoms with Crippen LogP contribution in [-0.2, 0) is 9.53 Å². The van der Waals surface area contributed by atoms with Crippen molar-refractivity contribution in [2.24, 2.45) is 0 Å². The molecule has 0 saturated heterocycles. The smallest absolute Gasteiger partial charge is 0.339 e. The summed E-state index contributed by atoms with van der Waals surface area (Å²) in [6.45, 7) is 6.22. The lowest BCUT2D eigenvalue weighted by molar-refractivity contribution is -0.149. The van der Waals surface area contributed by atoms with E-state index in [1.165, 1.54) is 0 Å². The highest BCUT2D eigenvalue weighted by atomic mass is 16.6. The molecule has 1 aromatic rings. The van der Waals surface area contributed by atoms with Crippen molar-refractivity contribution in [3.05, 3.63) is 47.9 Å². The Kier molecular flexibility index (Phi) is 4.66. The maximum Gasteiger partial charge on any atom is 0.339 e. The monoisotopic (exact) mass is 301 g/mol. The van der Waals surface area contributed by atoms with Gasteiger partial charge in [-0.1, -0.05) is 6.07 Å². The van der Waals surface area contributed by atoms with E-state index in [-0.39, 0.29) is 5.97 Å². The van der Waals surface area contributed by atoms with Crippen molar-refractivity contribution in [1.29, 1.82) is 0 Å². The predicted octanol–water partition coefficient (Wildman–Crippen LogP) is 2.48. The van der Waals surface area contributed by atoms with Crippen molar-refractivity contribution in [2.75, 3.05) is 20.6 Å². The first-order valence-electron chi connectivity index (χ1n) is 7.29. The van der Waals surface area contributed by atoms with E-state index in [1.807, 2.05) is 75.4 Å². The summed E-state index contributed by atoms with van der Waals surface area (Å²) < 4.78 is 5.52. The van der Waals surface area contributed by atoms with Gasteiger partial charge in [-0.05, 0) is 39.0 Å². The average molecular weight is 301 g/mol.